The van der Waals surface area contributed by atoms with Crippen molar-refractivity contribution in [2.24, 2.45) is 0 Å². The zero-order valence-electron chi connectivity index (χ0n) is 18.5. The first-order valence-electron chi connectivity index (χ1n) is 11.2. The Morgan fingerprint density at radius 2 is 1.29 bits per heavy atom. The van der Waals surface area contributed by atoms with E-state index in [1.54, 1.807) is 0 Å². The summed E-state index contributed by atoms with van der Waals surface area (Å²) in [5, 5.41) is -0.0809. The molecule has 0 bridgehead atoms. The highest BCUT2D eigenvalue weighted by Crippen LogP contribution is 2.34. The normalized spacial score (nSPS) is 11.4. The Morgan fingerprint density at radius 1 is 0.588 bits per heavy atom. The standard InChI is InChI=1S/C28H22F6/c1-2-3-4-5-6-16-11-23(30)26(24(31)12-16)18-8-9-20(22(29)14-18)17-7-10-21-19(13-17)15-25(32)28(34)27(21)33/h7-15H,2-6H2,1H3. The maximum atomic E-state index is 15.0. The monoisotopic (exact) mass is 472 g/mol. The SMILES string of the molecule is CCCCCCc1cc(F)c(-c2ccc(-c3ccc4c(F)c(F)c(F)cc4c3)c(F)c2)c(F)c1. The van der Waals surface area contributed by atoms with Gasteiger partial charge in [-0.1, -0.05) is 50.5 Å². The average Bonchev–Trinajstić information content (AvgIpc) is 2.80. The van der Waals surface area contributed by atoms with Crippen molar-refractivity contribution in [3.63, 3.8) is 0 Å². The highest BCUT2D eigenvalue weighted by molar-refractivity contribution is 5.88. The minimum atomic E-state index is -1.58. The van der Waals surface area contributed by atoms with Crippen LogP contribution in [0.5, 0.6) is 0 Å². The van der Waals surface area contributed by atoms with Crippen LogP contribution in [-0.4, -0.2) is 0 Å². The maximum absolute atomic E-state index is 15.0. The van der Waals surface area contributed by atoms with Crippen LogP contribution in [0.1, 0.15) is 38.2 Å². The molecule has 0 aliphatic heterocycles. The number of halogens is 6. The summed E-state index contributed by atoms with van der Waals surface area (Å²) in [6.45, 7) is 2.08. The first-order chi connectivity index (χ1) is 16.3. The molecular weight excluding hydrogens is 450 g/mol. The number of aryl methyl sites for hydroxylation is 1. The lowest BCUT2D eigenvalue weighted by Crippen LogP contribution is -1.96. The van der Waals surface area contributed by atoms with E-state index in [1.165, 1.54) is 42.5 Å². The summed E-state index contributed by atoms with van der Waals surface area (Å²) in [6.07, 6.45) is 4.51. The Kier molecular flexibility index (Phi) is 6.96. The van der Waals surface area contributed by atoms with Crippen molar-refractivity contribution in [1.29, 1.82) is 0 Å². The molecule has 34 heavy (non-hydrogen) atoms. The third-order valence-electron chi connectivity index (χ3n) is 5.96. The molecule has 0 heterocycles. The third-order valence-corrected chi connectivity index (χ3v) is 5.96. The molecule has 6 heteroatoms. The number of benzene rings is 4. The van der Waals surface area contributed by atoms with Crippen molar-refractivity contribution in [2.45, 2.75) is 39.0 Å². The maximum Gasteiger partial charge on any atom is 0.195 e. The first kappa shape index (κ1) is 23.9. The van der Waals surface area contributed by atoms with Crippen LogP contribution in [-0.2, 0) is 6.42 Å². The minimum absolute atomic E-state index is 0.0359. The van der Waals surface area contributed by atoms with Crippen LogP contribution < -0.4 is 0 Å². The fourth-order valence-corrected chi connectivity index (χ4v) is 4.18. The van der Waals surface area contributed by atoms with Gasteiger partial charge in [-0.2, -0.15) is 0 Å². The third kappa shape index (κ3) is 4.67. The predicted octanol–water partition coefficient (Wildman–Crippen LogP) is 9.13. The van der Waals surface area contributed by atoms with Crippen LogP contribution in [0.4, 0.5) is 26.3 Å². The second-order valence-corrected chi connectivity index (χ2v) is 8.36. The molecule has 0 aromatic heterocycles. The Balaban J connectivity index is 1.66. The van der Waals surface area contributed by atoms with Gasteiger partial charge in [-0.3, -0.25) is 0 Å². The van der Waals surface area contributed by atoms with Crippen LogP contribution in [0, 0.1) is 34.9 Å². The second kappa shape index (κ2) is 9.92. The Morgan fingerprint density at radius 3 is 1.97 bits per heavy atom. The molecule has 4 aromatic carbocycles. The molecule has 0 atom stereocenters. The molecule has 4 rings (SSSR count). The summed E-state index contributed by atoms with van der Waals surface area (Å²) < 4.78 is 85.5. The lowest BCUT2D eigenvalue weighted by molar-refractivity contribution is 0.453. The molecular formula is C28H22F6. The molecule has 0 unspecified atom stereocenters. The van der Waals surface area contributed by atoms with E-state index in [4.69, 9.17) is 0 Å². The summed E-state index contributed by atoms with van der Waals surface area (Å²) in [4.78, 5) is 0. The summed E-state index contributed by atoms with van der Waals surface area (Å²) in [5.74, 6) is -6.54. The smallest absolute Gasteiger partial charge is 0.195 e. The van der Waals surface area contributed by atoms with Gasteiger partial charge in [-0.05, 0) is 65.3 Å². The fourth-order valence-electron chi connectivity index (χ4n) is 4.18. The molecule has 0 radical (unpaired) electrons. The predicted molar refractivity (Wildman–Crippen MR) is 122 cm³/mol. The van der Waals surface area contributed by atoms with Gasteiger partial charge in [0.05, 0.1) is 5.56 Å². The van der Waals surface area contributed by atoms with Crippen LogP contribution in [0.2, 0.25) is 0 Å². The van der Waals surface area contributed by atoms with E-state index >= 15 is 0 Å². The fraction of sp³-hybridized carbons (Fsp3) is 0.214. The van der Waals surface area contributed by atoms with Gasteiger partial charge in [0.25, 0.3) is 0 Å². The van der Waals surface area contributed by atoms with Gasteiger partial charge >= 0.3 is 0 Å². The van der Waals surface area contributed by atoms with Crippen molar-refractivity contribution in [3.8, 4) is 22.3 Å². The summed E-state index contributed by atoms with van der Waals surface area (Å²) in [6, 6.07) is 11.1. The molecule has 0 spiro atoms. The second-order valence-electron chi connectivity index (χ2n) is 8.36. The number of fused-ring (bicyclic) bond motifs is 1. The summed E-state index contributed by atoms with van der Waals surface area (Å²) >= 11 is 0. The van der Waals surface area contributed by atoms with Crippen molar-refractivity contribution >= 4 is 10.8 Å². The number of hydrogen-bond donors (Lipinski definition) is 0. The van der Waals surface area contributed by atoms with E-state index < -0.39 is 34.9 Å². The van der Waals surface area contributed by atoms with Gasteiger partial charge < -0.3 is 0 Å². The first-order valence-corrected chi connectivity index (χ1v) is 11.2. The van der Waals surface area contributed by atoms with Gasteiger partial charge in [-0.25, -0.2) is 26.3 Å². The van der Waals surface area contributed by atoms with Gasteiger partial charge in [0.2, 0.25) is 0 Å². The van der Waals surface area contributed by atoms with E-state index in [0.29, 0.717) is 12.0 Å². The summed E-state index contributed by atoms with van der Waals surface area (Å²) in [7, 11) is 0. The van der Waals surface area contributed by atoms with E-state index in [1.807, 2.05) is 0 Å². The highest BCUT2D eigenvalue weighted by atomic mass is 19.2. The molecule has 0 amide bonds. The molecule has 0 aliphatic carbocycles. The van der Waals surface area contributed by atoms with Gasteiger partial charge in [0.15, 0.2) is 17.5 Å². The van der Waals surface area contributed by atoms with Gasteiger partial charge in [0, 0.05) is 10.9 Å². The van der Waals surface area contributed by atoms with Crippen molar-refractivity contribution in [2.75, 3.05) is 0 Å². The number of hydrogen-bond acceptors (Lipinski definition) is 0. The van der Waals surface area contributed by atoms with Crippen LogP contribution in [0.15, 0.2) is 54.6 Å². The van der Waals surface area contributed by atoms with Crippen LogP contribution in [0.3, 0.4) is 0 Å². The molecule has 0 saturated carbocycles. The van der Waals surface area contributed by atoms with Crippen molar-refractivity contribution in [3.05, 3.63) is 95.1 Å². The lowest BCUT2D eigenvalue weighted by atomic mass is 9.96. The zero-order valence-corrected chi connectivity index (χ0v) is 18.5. The lowest BCUT2D eigenvalue weighted by Gasteiger charge is -2.11. The van der Waals surface area contributed by atoms with Crippen LogP contribution in [0.25, 0.3) is 33.0 Å². The molecule has 0 N–H and O–H groups in total. The van der Waals surface area contributed by atoms with E-state index in [-0.39, 0.29) is 33.0 Å². The molecule has 176 valence electrons. The summed E-state index contributed by atoms with van der Waals surface area (Å²) in [5.41, 5.74) is 0.628. The van der Waals surface area contributed by atoms with E-state index in [9.17, 15) is 26.3 Å². The number of rotatable bonds is 7. The molecule has 0 nitrogen and oxygen atoms in total. The van der Waals surface area contributed by atoms with E-state index in [0.717, 1.165) is 37.8 Å². The van der Waals surface area contributed by atoms with Crippen LogP contribution >= 0.6 is 0 Å². The largest absolute Gasteiger partial charge is 0.206 e. The Hall–Kier alpha value is -3.28. The molecule has 0 aliphatic rings. The van der Waals surface area contributed by atoms with Gasteiger partial charge in [0.1, 0.15) is 17.5 Å². The van der Waals surface area contributed by atoms with E-state index in [2.05, 4.69) is 6.92 Å². The van der Waals surface area contributed by atoms with Crippen molar-refractivity contribution in [1.82, 2.24) is 0 Å². The Labute approximate surface area is 193 Å². The molecule has 0 fully saturated rings. The van der Waals surface area contributed by atoms with Gasteiger partial charge in [-0.15, -0.1) is 0 Å². The molecule has 4 aromatic rings. The average molecular weight is 472 g/mol. The molecule has 0 saturated heterocycles. The Bertz CT molecular complexity index is 1340. The number of unbranched alkanes of at least 4 members (excludes halogenated alkanes) is 3. The minimum Gasteiger partial charge on any atom is -0.206 e. The van der Waals surface area contributed by atoms with Crippen molar-refractivity contribution < 1.29 is 26.3 Å². The topological polar surface area (TPSA) is 0 Å². The zero-order chi connectivity index (χ0) is 24.4. The quantitative estimate of drug-likeness (QED) is 0.143. The highest BCUT2D eigenvalue weighted by Gasteiger charge is 2.17.